The molecule has 172 valence electrons. The average molecular weight is 483 g/mol. The summed E-state index contributed by atoms with van der Waals surface area (Å²) in [6.45, 7) is 1.43. The van der Waals surface area contributed by atoms with Crippen LogP contribution < -0.4 is 0 Å². The molecule has 1 atom stereocenters. The minimum atomic E-state index is -1.26. The maximum atomic E-state index is 12.9. The Kier molecular flexibility index (Phi) is 9.31. The standard InChI is InChI=1S/C18H20Cl2N2O2.C4H4O4/c1-21(2)11-16-13-6-8-24-17(13)5-7-22(16)18(23)10-12-3-4-14(19)15(20)9-12;5-3(6)1-2-4(7)8/h3-4,6,8-9,16H,5,7,10-11H2,1-2H3;1-2H,(H,5,6)(H,7,8). The molecule has 0 bridgehead atoms. The number of carboxylic acids is 2. The Morgan fingerprint density at radius 3 is 2.34 bits per heavy atom. The Hall–Kier alpha value is -2.81. The number of nitrogens with zero attached hydrogens (tertiary/aromatic N) is 2. The van der Waals surface area contributed by atoms with Crippen LogP contribution in [0.1, 0.15) is 22.9 Å². The number of carboxylic acid groups (broad SMARTS) is 2. The minimum Gasteiger partial charge on any atom is -0.478 e. The smallest absolute Gasteiger partial charge is 0.328 e. The summed E-state index contributed by atoms with van der Waals surface area (Å²) in [4.78, 5) is 36.0. The van der Waals surface area contributed by atoms with Crippen LogP contribution in [0.4, 0.5) is 0 Å². The van der Waals surface area contributed by atoms with Gasteiger partial charge in [-0.05, 0) is 37.9 Å². The van der Waals surface area contributed by atoms with Gasteiger partial charge >= 0.3 is 11.9 Å². The number of likely N-dealkylation sites (N-methyl/N-ethyl adjacent to an activating group) is 1. The SMILES string of the molecule is CN(C)CC1c2ccoc2CCN1C(=O)Cc1ccc(Cl)c(Cl)c1.O=C(O)C=CC(=O)O. The van der Waals surface area contributed by atoms with Crippen molar-refractivity contribution in [1.82, 2.24) is 9.80 Å². The van der Waals surface area contributed by atoms with E-state index in [1.165, 1.54) is 0 Å². The fourth-order valence-corrected chi connectivity index (χ4v) is 3.63. The highest BCUT2D eigenvalue weighted by Crippen LogP contribution is 2.32. The molecular weight excluding hydrogens is 459 g/mol. The molecule has 1 amide bonds. The molecule has 32 heavy (non-hydrogen) atoms. The zero-order valence-electron chi connectivity index (χ0n) is 17.6. The number of hydrogen-bond acceptors (Lipinski definition) is 5. The van der Waals surface area contributed by atoms with E-state index in [0.717, 1.165) is 29.9 Å². The van der Waals surface area contributed by atoms with Crippen molar-refractivity contribution < 1.29 is 29.0 Å². The second-order valence-corrected chi connectivity index (χ2v) is 8.16. The second-order valence-electron chi connectivity index (χ2n) is 7.35. The van der Waals surface area contributed by atoms with Gasteiger partial charge in [0.25, 0.3) is 0 Å². The highest BCUT2D eigenvalue weighted by atomic mass is 35.5. The molecule has 0 spiro atoms. The molecular formula is C22H24Cl2N2O6. The number of benzene rings is 1. The van der Waals surface area contributed by atoms with Crippen LogP contribution >= 0.6 is 23.2 Å². The summed E-state index contributed by atoms with van der Waals surface area (Å²) < 4.78 is 5.55. The molecule has 1 unspecified atom stereocenters. The lowest BCUT2D eigenvalue weighted by Gasteiger charge is -2.37. The van der Waals surface area contributed by atoms with Crippen molar-refractivity contribution in [1.29, 1.82) is 0 Å². The van der Waals surface area contributed by atoms with Gasteiger partial charge < -0.3 is 24.4 Å². The van der Waals surface area contributed by atoms with Crippen LogP contribution in [0.5, 0.6) is 0 Å². The maximum absolute atomic E-state index is 12.9. The van der Waals surface area contributed by atoms with Gasteiger partial charge in [-0.15, -0.1) is 0 Å². The fourth-order valence-electron chi connectivity index (χ4n) is 3.31. The first-order chi connectivity index (χ1) is 15.1. The number of hydrogen-bond donors (Lipinski definition) is 2. The summed E-state index contributed by atoms with van der Waals surface area (Å²) in [5.74, 6) is -1.44. The lowest BCUT2D eigenvalue weighted by Crippen LogP contribution is -2.44. The number of amides is 1. The largest absolute Gasteiger partial charge is 0.478 e. The van der Waals surface area contributed by atoms with E-state index in [0.29, 0.717) is 35.2 Å². The maximum Gasteiger partial charge on any atom is 0.328 e. The Morgan fingerprint density at radius 1 is 1.12 bits per heavy atom. The van der Waals surface area contributed by atoms with Gasteiger partial charge in [0.15, 0.2) is 0 Å². The van der Waals surface area contributed by atoms with E-state index in [1.54, 1.807) is 18.4 Å². The quantitative estimate of drug-likeness (QED) is 0.605. The summed E-state index contributed by atoms with van der Waals surface area (Å²) in [6, 6.07) is 7.32. The molecule has 0 fully saturated rings. The van der Waals surface area contributed by atoms with Gasteiger partial charge in [-0.3, -0.25) is 4.79 Å². The van der Waals surface area contributed by atoms with Crippen molar-refractivity contribution in [2.45, 2.75) is 18.9 Å². The van der Waals surface area contributed by atoms with Gasteiger partial charge in [0.05, 0.1) is 28.8 Å². The van der Waals surface area contributed by atoms with Crippen LogP contribution in [0.25, 0.3) is 0 Å². The zero-order chi connectivity index (χ0) is 23.8. The first-order valence-electron chi connectivity index (χ1n) is 9.66. The molecule has 1 aromatic carbocycles. The van der Waals surface area contributed by atoms with Crippen LogP contribution in [0.3, 0.4) is 0 Å². The predicted octanol–water partition coefficient (Wildman–Crippen LogP) is 3.53. The summed E-state index contributed by atoms with van der Waals surface area (Å²) in [6.07, 6.45) is 3.89. The summed E-state index contributed by atoms with van der Waals surface area (Å²) in [5, 5.41) is 16.6. The third-order valence-electron chi connectivity index (χ3n) is 4.66. The van der Waals surface area contributed by atoms with E-state index in [2.05, 4.69) is 4.90 Å². The molecule has 2 N–H and O–H groups in total. The average Bonchev–Trinajstić information content (AvgIpc) is 3.19. The van der Waals surface area contributed by atoms with Crippen molar-refractivity contribution in [3.05, 3.63) is 69.6 Å². The van der Waals surface area contributed by atoms with Gasteiger partial charge in [-0.2, -0.15) is 0 Å². The Labute approximate surface area is 195 Å². The molecule has 8 nitrogen and oxygen atoms in total. The normalized spacial score (nSPS) is 15.3. The third kappa shape index (κ3) is 7.40. The van der Waals surface area contributed by atoms with Crippen molar-refractivity contribution in [2.75, 3.05) is 27.2 Å². The Morgan fingerprint density at radius 2 is 1.78 bits per heavy atom. The van der Waals surface area contributed by atoms with E-state index in [-0.39, 0.29) is 11.9 Å². The van der Waals surface area contributed by atoms with Gasteiger partial charge in [0.1, 0.15) is 5.76 Å². The lowest BCUT2D eigenvalue weighted by molar-refractivity contribution is -0.134. The number of carbonyl (C=O) groups is 3. The topological polar surface area (TPSA) is 111 Å². The number of fused-ring (bicyclic) bond motifs is 1. The van der Waals surface area contributed by atoms with Crippen LogP contribution in [0.15, 0.2) is 47.1 Å². The summed E-state index contributed by atoms with van der Waals surface area (Å²) in [7, 11) is 4.02. The first kappa shape index (κ1) is 25.5. The Balaban J connectivity index is 0.000000390. The number of aliphatic carboxylic acids is 2. The highest BCUT2D eigenvalue weighted by molar-refractivity contribution is 6.42. The van der Waals surface area contributed by atoms with Crippen LogP contribution in [0.2, 0.25) is 10.0 Å². The number of carbonyl (C=O) groups excluding carboxylic acids is 1. The van der Waals surface area contributed by atoms with Gasteiger partial charge in [-0.25, -0.2) is 9.59 Å². The first-order valence-corrected chi connectivity index (χ1v) is 10.4. The third-order valence-corrected chi connectivity index (χ3v) is 5.40. The van der Waals surface area contributed by atoms with Crippen molar-refractivity contribution in [3.8, 4) is 0 Å². The van der Waals surface area contributed by atoms with Crippen LogP contribution in [-0.2, 0) is 27.2 Å². The highest BCUT2D eigenvalue weighted by Gasteiger charge is 2.32. The predicted molar refractivity (Wildman–Crippen MR) is 120 cm³/mol. The molecule has 0 radical (unpaired) electrons. The Bertz CT molecular complexity index is 986. The lowest BCUT2D eigenvalue weighted by atomic mass is 9.98. The van der Waals surface area contributed by atoms with Gasteiger partial charge in [-0.1, -0.05) is 29.3 Å². The van der Waals surface area contributed by atoms with Gasteiger partial charge in [0, 0.05) is 37.2 Å². The molecule has 1 aliphatic heterocycles. The number of furan rings is 1. The monoisotopic (exact) mass is 482 g/mol. The molecule has 1 aromatic heterocycles. The van der Waals surface area contributed by atoms with Crippen LogP contribution in [0, 0.1) is 0 Å². The van der Waals surface area contributed by atoms with E-state index in [1.807, 2.05) is 31.1 Å². The molecule has 1 aliphatic rings. The van der Waals surface area contributed by atoms with Crippen molar-refractivity contribution in [2.24, 2.45) is 0 Å². The molecule has 2 heterocycles. The number of rotatable bonds is 6. The van der Waals surface area contributed by atoms with Gasteiger partial charge in [0.2, 0.25) is 5.91 Å². The molecule has 2 aromatic rings. The fraction of sp³-hybridized carbons (Fsp3) is 0.318. The minimum absolute atomic E-state index is 0.0118. The van der Waals surface area contributed by atoms with Crippen molar-refractivity contribution >= 4 is 41.0 Å². The molecule has 0 aliphatic carbocycles. The zero-order valence-corrected chi connectivity index (χ0v) is 19.1. The molecule has 3 rings (SSSR count). The molecule has 0 saturated heterocycles. The van der Waals surface area contributed by atoms with Crippen LogP contribution in [-0.4, -0.2) is 65.0 Å². The second kappa shape index (κ2) is 11.7. The van der Waals surface area contributed by atoms with E-state index in [9.17, 15) is 14.4 Å². The number of halogens is 2. The summed E-state index contributed by atoms with van der Waals surface area (Å²) >= 11 is 12.0. The van der Waals surface area contributed by atoms with E-state index in [4.69, 9.17) is 37.8 Å². The van der Waals surface area contributed by atoms with E-state index < -0.39 is 11.9 Å². The summed E-state index contributed by atoms with van der Waals surface area (Å²) in [5.41, 5.74) is 1.98. The molecule has 0 saturated carbocycles. The van der Waals surface area contributed by atoms with E-state index >= 15 is 0 Å². The van der Waals surface area contributed by atoms with Crippen molar-refractivity contribution in [3.63, 3.8) is 0 Å². The molecule has 10 heteroatoms.